The zero-order chi connectivity index (χ0) is 25.9. The zero-order valence-corrected chi connectivity index (χ0v) is 19.4. The summed E-state index contributed by atoms with van der Waals surface area (Å²) in [6.07, 6.45) is -0.993. The molecule has 0 saturated carbocycles. The average Bonchev–Trinajstić information content (AvgIpc) is 2.67. The minimum absolute atomic E-state index is 0.0232. The number of nitrogens with one attached hydrogen (secondary N) is 3. The van der Waals surface area contributed by atoms with Crippen LogP contribution in [-0.4, -0.2) is 64.8 Å². The van der Waals surface area contributed by atoms with Gasteiger partial charge in [0.25, 0.3) is 0 Å². The molecule has 4 unspecified atom stereocenters. The van der Waals surface area contributed by atoms with Crippen LogP contribution in [0, 0.1) is 11.8 Å². The van der Waals surface area contributed by atoms with Gasteiger partial charge in [-0.1, -0.05) is 27.7 Å². The Bertz CT molecular complexity index is 740. The molecule has 0 aromatic heterocycles. The number of amides is 5. The summed E-state index contributed by atoms with van der Waals surface area (Å²) in [6, 6.07) is -4.90. The van der Waals surface area contributed by atoms with Crippen molar-refractivity contribution in [1.29, 1.82) is 0 Å². The first-order chi connectivity index (χ1) is 15.1. The number of carboxylic acid groups (broad SMARTS) is 1. The zero-order valence-electron chi connectivity index (χ0n) is 19.4. The van der Waals surface area contributed by atoms with Crippen LogP contribution in [-0.2, 0) is 28.8 Å². The topological polar surface area (TPSA) is 237 Å². The third-order valence-corrected chi connectivity index (χ3v) is 4.69. The monoisotopic (exact) mass is 472 g/mol. The molecule has 0 bridgehead atoms. The fourth-order valence-electron chi connectivity index (χ4n) is 2.77. The van der Waals surface area contributed by atoms with Crippen LogP contribution in [0.1, 0.15) is 53.4 Å². The van der Waals surface area contributed by atoms with E-state index in [0.29, 0.717) is 0 Å². The lowest BCUT2D eigenvalue weighted by atomic mass is 10.00. The fourth-order valence-corrected chi connectivity index (χ4v) is 2.77. The summed E-state index contributed by atoms with van der Waals surface area (Å²) in [7, 11) is 0. The molecule has 0 aliphatic heterocycles. The molecule has 0 radical (unpaired) electrons. The number of carboxylic acids is 1. The van der Waals surface area contributed by atoms with Crippen molar-refractivity contribution in [3.05, 3.63) is 0 Å². The Morgan fingerprint density at radius 1 is 0.758 bits per heavy atom. The van der Waals surface area contributed by atoms with Gasteiger partial charge in [0.2, 0.25) is 29.5 Å². The lowest BCUT2D eigenvalue weighted by Gasteiger charge is -2.26. The Morgan fingerprint density at radius 3 is 1.67 bits per heavy atom. The van der Waals surface area contributed by atoms with Crippen LogP contribution < -0.4 is 33.2 Å². The van der Waals surface area contributed by atoms with Gasteiger partial charge in [-0.3, -0.25) is 24.0 Å². The molecule has 33 heavy (non-hydrogen) atoms. The summed E-state index contributed by atoms with van der Waals surface area (Å²) in [4.78, 5) is 71.6. The highest BCUT2D eigenvalue weighted by Gasteiger charge is 2.32. The standard InChI is InChI=1S/C20H36N6O7/c1-9(2)7-12(26-19(31)16(23)10(3)4)17(29)25-13(8-15(22)28)18(30)24-11(20(32)33)5-6-14(21)27/h9-13,16H,5-8,23H2,1-4H3,(H2,21,27)(H2,22,28)(H,24,30)(H,25,29)(H,26,31)(H,32,33). The van der Waals surface area contributed by atoms with Gasteiger partial charge in [0.05, 0.1) is 12.5 Å². The Kier molecular flexibility index (Phi) is 12.7. The third kappa shape index (κ3) is 11.8. The van der Waals surface area contributed by atoms with Crippen LogP contribution in [0.15, 0.2) is 0 Å². The molecule has 13 nitrogen and oxygen atoms in total. The molecule has 188 valence electrons. The van der Waals surface area contributed by atoms with Crippen LogP contribution >= 0.6 is 0 Å². The van der Waals surface area contributed by atoms with Crippen LogP contribution in [0.3, 0.4) is 0 Å². The van der Waals surface area contributed by atoms with Gasteiger partial charge in [0, 0.05) is 6.42 Å². The predicted molar refractivity (Wildman–Crippen MR) is 118 cm³/mol. The van der Waals surface area contributed by atoms with Crippen molar-refractivity contribution >= 4 is 35.5 Å². The quantitative estimate of drug-likeness (QED) is 0.136. The first-order valence-electron chi connectivity index (χ1n) is 10.6. The summed E-state index contributed by atoms with van der Waals surface area (Å²) in [5, 5.41) is 16.3. The molecule has 0 heterocycles. The van der Waals surface area contributed by atoms with E-state index in [4.69, 9.17) is 17.2 Å². The molecule has 0 rings (SSSR count). The van der Waals surface area contributed by atoms with Crippen LogP contribution in [0.4, 0.5) is 0 Å². The molecule has 13 heteroatoms. The number of carbonyl (C=O) groups is 6. The van der Waals surface area contributed by atoms with Gasteiger partial charge in [-0.2, -0.15) is 0 Å². The summed E-state index contributed by atoms with van der Waals surface area (Å²) in [5.74, 6) is -5.64. The van der Waals surface area contributed by atoms with Gasteiger partial charge in [0.1, 0.15) is 18.1 Å². The van der Waals surface area contributed by atoms with Crippen molar-refractivity contribution in [2.45, 2.75) is 77.5 Å². The lowest BCUT2D eigenvalue weighted by Crippen LogP contribution is -2.58. The van der Waals surface area contributed by atoms with Gasteiger partial charge in [-0.15, -0.1) is 0 Å². The largest absolute Gasteiger partial charge is 0.480 e. The molecule has 0 spiro atoms. The summed E-state index contributed by atoms with van der Waals surface area (Å²) >= 11 is 0. The molecule has 0 saturated heterocycles. The molecule has 0 aromatic carbocycles. The highest BCUT2D eigenvalue weighted by Crippen LogP contribution is 2.08. The molecular weight excluding hydrogens is 436 g/mol. The Hall–Kier alpha value is -3.22. The Morgan fingerprint density at radius 2 is 1.24 bits per heavy atom. The van der Waals surface area contributed by atoms with Crippen LogP contribution in [0.5, 0.6) is 0 Å². The highest BCUT2D eigenvalue weighted by molar-refractivity contribution is 5.96. The van der Waals surface area contributed by atoms with Crippen molar-refractivity contribution < 1.29 is 33.9 Å². The molecule has 0 aromatic rings. The summed E-state index contributed by atoms with van der Waals surface area (Å²) in [6.45, 7) is 7.12. The molecule has 5 amide bonds. The number of carbonyl (C=O) groups excluding carboxylic acids is 5. The Balaban J connectivity index is 5.54. The number of rotatable bonds is 15. The van der Waals surface area contributed by atoms with E-state index in [-0.39, 0.29) is 31.1 Å². The minimum Gasteiger partial charge on any atom is -0.480 e. The van der Waals surface area contributed by atoms with Crippen molar-refractivity contribution in [3.8, 4) is 0 Å². The maximum atomic E-state index is 12.9. The lowest BCUT2D eigenvalue weighted by molar-refractivity contribution is -0.142. The predicted octanol–water partition coefficient (Wildman–Crippen LogP) is -2.30. The van der Waals surface area contributed by atoms with Gasteiger partial charge in [-0.05, 0) is 24.7 Å². The number of hydrogen-bond acceptors (Lipinski definition) is 7. The summed E-state index contributed by atoms with van der Waals surface area (Å²) in [5.41, 5.74) is 16.0. The first-order valence-corrected chi connectivity index (χ1v) is 10.6. The molecule has 10 N–H and O–H groups in total. The van der Waals surface area contributed by atoms with Gasteiger partial charge in [-0.25, -0.2) is 4.79 Å². The second-order valence-corrected chi connectivity index (χ2v) is 8.60. The Labute approximate surface area is 192 Å². The van der Waals surface area contributed by atoms with Crippen molar-refractivity contribution in [2.24, 2.45) is 29.0 Å². The fraction of sp³-hybridized carbons (Fsp3) is 0.700. The second kappa shape index (κ2) is 14.0. The summed E-state index contributed by atoms with van der Waals surface area (Å²) < 4.78 is 0. The maximum Gasteiger partial charge on any atom is 0.326 e. The molecule has 4 atom stereocenters. The van der Waals surface area contributed by atoms with Gasteiger partial charge >= 0.3 is 5.97 Å². The molecule has 0 fully saturated rings. The first kappa shape index (κ1) is 29.8. The van der Waals surface area contributed by atoms with E-state index in [1.165, 1.54) is 0 Å². The van der Waals surface area contributed by atoms with E-state index < -0.39 is 66.1 Å². The molecule has 0 aliphatic rings. The third-order valence-electron chi connectivity index (χ3n) is 4.69. The van der Waals surface area contributed by atoms with Crippen molar-refractivity contribution in [3.63, 3.8) is 0 Å². The molecular formula is C20H36N6O7. The number of nitrogens with two attached hydrogens (primary N) is 3. The van der Waals surface area contributed by atoms with Crippen molar-refractivity contribution in [1.82, 2.24) is 16.0 Å². The van der Waals surface area contributed by atoms with Gasteiger partial charge in [0.15, 0.2) is 0 Å². The van der Waals surface area contributed by atoms with E-state index >= 15 is 0 Å². The number of primary amides is 2. The normalized spacial score (nSPS) is 14.6. The van der Waals surface area contributed by atoms with E-state index in [2.05, 4.69) is 16.0 Å². The second-order valence-electron chi connectivity index (χ2n) is 8.60. The van der Waals surface area contributed by atoms with Crippen LogP contribution in [0.2, 0.25) is 0 Å². The van der Waals surface area contributed by atoms with E-state index in [1.807, 2.05) is 13.8 Å². The number of aliphatic carboxylic acids is 1. The van der Waals surface area contributed by atoms with Gasteiger partial charge < -0.3 is 38.3 Å². The minimum atomic E-state index is -1.50. The van der Waals surface area contributed by atoms with E-state index in [1.54, 1.807) is 13.8 Å². The number of hydrogen-bond donors (Lipinski definition) is 7. The van der Waals surface area contributed by atoms with E-state index in [0.717, 1.165) is 0 Å². The van der Waals surface area contributed by atoms with E-state index in [9.17, 15) is 33.9 Å². The van der Waals surface area contributed by atoms with Crippen LogP contribution in [0.25, 0.3) is 0 Å². The van der Waals surface area contributed by atoms with Crippen molar-refractivity contribution in [2.75, 3.05) is 0 Å². The average molecular weight is 473 g/mol. The highest BCUT2D eigenvalue weighted by atomic mass is 16.4. The molecule has 0 aliphatic carbocycles. The SMILES string of the molecule is CC(C)CC(NC(=O)C(N)C(C)C)C(=O)NC(CC(N)=O)C(=O)NC(CCC(N)=O)C(=O)O. The smallest absolute Gasteiger partial charge is 0.326 e. The maximum absolute atomic E-state index is 12.9.